The summed E-state index contributed by atoms with van der Waals surface area (Å²) >= 11 is 0. The number of methoxy groups -OCH3 is 1. The van der Waals surface area contributed by atoms with Crippen LogP contribution in [0.3, 0.4) is 0 Å². The molecule has 3 N–H and O–H groups in total. The number of hydrogen-bond donors (Lipinski definition) is 3. The SMILES string of the molecule is COCC(C)(NC(=O)CCNS(=O)(=O)c1ccccc1)C(=O)O. The number of amides is 1. The first-order chi connectivity index (χ1) is 10.7. The van der Waals surface area contributed by atoms with Crippen molar-refractivity contribution in [3.05, 3.63) is 30.3 Å². The zero-order valence-electron chi connectivity index (χ0n) is 12.9. The second-order valence-corrected chi connectivity index (χ2v) is 6.85. The smallest absolute Gasteiger partial charge is 0.331 e. The third-order valence-electron chi connectivity index (χ3n) is 3.02. The Balaban J connectivity index is 2.55. The number of carboxylic acids is 1. The minimum absolute atomic E-state index is 0.0927. The maximum absolute atomic E-state index is 12.0. The quantitative estimate of drug-likeness (QED) is 0.578. The zero-order chi connectivity index (χ0) is 17.5. The molecule has 1 rings (SSSR count). The molecule has 8 nitrogen and oxygen atoms in total. The summed E-state index contributed by atoms with van der Waals surface area (Å²) in [5.41, 5.74) is -1.57. The van der Waals surface area contributed by atoms with Crippen LogP contribution in [-0.4, -0.2) is 51.2 Å². The van der Waals surface area contributed by atoms with Gasteiger partial charge in [-0.05, 0) is 19.1 Å². The molecule has 0 heterocycles. The lowest BCUT2D eigenvalue weighted by atomic mass is 10.0. The summed E-state index contributed by atoms with van der Waals surface area (Å²) in [6.07, 6.45) is -0.196. The van der Waals surface area contributed by atoms with Gasteiger partial charge in [0.05, 0.1) is 11.5 Å². The molecule has 0 radical (unpaired) electrons. The van der Waals surface area contributed by atoms with Crippen LogP contribution in [0.15, 0.2) is 35.2 Å². The van der Waals surface area contributed by atoms with Crippen LogP contribution in [0.25, 0.3) is 0 Å². The van der Waals surface area contributed by atoms with Crippen LogP contribution in [0.4, 0.5) is 0 Å². The van der Waals surface area contributed by atoms with Gasteiger partial charge in [-0.1, -0.05) is 18.2 Å². The first kappa shape index (κ1) is 19.1. The van der Waals surface area contributed by atoms with E-state index >= 15 is 0 Å². The Bertz CT molecular complexity index is 646. The highest BCUT2D eigenvalue weighted by Crippen LogP contribution is 2.07. The van der Waals surface area contributed by atoms with E-state index in [1.54, 1.807) is 18.2 Å². The van der Waals surface area contributed by atoms with Crippen molar-refractivity contribution in [2.45, 2.75) is 23.8 Å². The number of aliphatic carboxylic acids is 1. The van der Waals surface area contributed by atoms with Crippen molar-refractivity contribution in [1.82, 2.24) is 10.0 Å². The van der Waals surface area contributed by atoms with Crippen molar-refractivity contribution in [3.63, 3.8) is 0 Å². The lowest BCUT2D eigenvalue weighted by Gasteiger charge is -2.25. The molecule has 1 unspecified atom stereocenters. The molecule has 0 saturated heterocycles. The summed E-state index contributed by atoms with van der Waals surface area (Å²) in [5.74, 6) is -1.83. The third-order valence-corrected chi connectivity index (χ3v) is 4.49. The maximum Gasteiger partial charge on any atom is 0.331 e. The Morgan fingerprint density at radius 3 is 2.39 bits per heavy atom. The summed E-state index contributed by atoms with van der Waals surface area (Å²) < 4.78 is 31.0. The molecule has 0 aliphatic carbocycles. The molecule has 128 valence electrons. The Labute approximate surface area is 134 Å². The van der Waals surface area contributed by atoms with E-state index in [1.165, 1.54) is 26.2 Å². The lowest BCUT2D eigenvalue weighted by Crippen LogP contribution is -2.55. The van der Waals surface area contributed by atoms with E-state index < -0.39 is 27.4 Å². The second-order valence-electron chi connectivity index (χ2n) is 5.08. The van der Waals surface area contributed by atoms with E-state index in [-0.39, 0.29) is 24.5 Å². The van der Waals surface area contributed by atoms with Gasteiger partial charge in [-0.15, -0.1) is 0 Å². The highest BCUT2D eigenvalue weighted by molar-refractivity contribution is 7.89. The zero-order valence-corrected chi connectivity index (χ0v) is 13.7. The minimum atomic E-state index is -3.70. The van der Waals surface area contributed by atoms with Crippen molar-refractivity contribution in [3.8, 4) is 0 Å². The summed E-state index contributed by atoms with van der Waals surface area (Å²) in [6.45, 7) is 0.959. The van der Waals surface area contributed by atoms with Gasteiger partial charge in [-0.3, -0.25) is 4.79 Å². The van der Waals surface area contributed by atoms with Gasteiger partial charge in [0.2, 0.25) is 15.9 Å². The topological polar surface area (TPSA) is 122 Å². The average Bonchev–Trinajstić information content (AvgIpc) is 2.48. The summed E-state index contributed by atoms with van der Waals surface area (Å²) in [6, 6.07) is 7.73. The van der Waals surface area contributed by atoms with Crippen molar-refractivity contribution >= 4 is 21.9 Å². The van der Waals surface area contributed by atoms with Gasteiger partial charge in [0.1, 0.15) is 0 Å². The van der Waals surface area contributed by atoms with Crippen LogP contribution in [0.1, 0.15) is 13.3 Å². The highest BCUT2D eigenvalue weighted by atomic mass is 32.2. The molecule has 0 saturated carbocycles. The fourth-order valence-corrected chi connectivity index (χ4v) is 2.84. The first-order valence-corrected chi connectivity index (χ1v) is 8.27. The lowest BCUT2D eigenvalue weighted by molar-refractivity contribution is -0.149. The predicted octanol–water partition coefficient (Wildman–Crippen LogP) is -0.0391. The van der Waals surface area contributed by atoms with Crippen LogP contribution >= 0.6 is 0 Å². The van der Waals surface area contributed by atoms with E-state index in [2.05, 4.69) is 10.0 Å². The molecule has 0 fully saturated rings. The second kappa shape index (κ2) is 8.04. The fourth-order valence-electron chi connectivity index (χ4n) is 1.79. The first-order valence-electron chi connectivity index (χ1n) is 6.79. The molecule has 0 aromatic heterocycles. The van der Waals surface area contributed by atoms with Crippen LogP contribution in [0.5, 0.6) is 0 Å². The van der Waals surface area contributed by atoms with Gasteiger partial charge in [0, 0.05) is 20.1 Å². The van der Waals surface area contributed by atoms with Crippen LogP contribution in [0.2, 0.25) is 0 Å². The van der Waals surface area contributed by atoms with Gasteiger partial charge in [-0.2, -0.15) is 0 Å². The molecule has 1 aromatic rings. The van der Waals surface area contributed by atoms with E-state index in [0.29, 0.717) is 0 Å². The van der Waals surface area contributed by atoms with Gasteiger partial charge >= 0.3 is 5.97 Å². The number of ether oxygens (including phenoxy) is 1. The molecular formula is C14H20N2O6S. The summed E-state index contributed by atoms with van der Waals surface area (Å²) in [5, 5.41) is 11.4. The van der Waals surface area contributed by atoms with Crippen LogP contribution in [-0.2, 0) is 24.3 Å². The minimum Gasteiger partial charge on any atom is -0.479 e. The van der Waals surface area contributed by atoms with Crippen molar-refractivity contribution < 1.29 is 27.9 Å². The highest BCUT2D eigenvalue weighted by Gasteiger charge is 2.34. The Morgan fingerprint density at radius 1 is 1.26 bits per heavy atom. The molecule has 23 heavy (non-hydrogen) atoms. The molecule has 0 spiro atoms. The maximum atomic E-state index is 12.0. The largest absolute Gasteiger partial charge is 0.479 e. The number of hydrogen-bond acceptors (Lipinski definition) is 5. The Hall–Kier alpha value is -1.97. The van der Waals surface area contributed by atoms with Gasteiger partial charge in [-0.25, -0.2) is 17.9 Å². The van der Waals surface area contributed by atoms with Crippen LogP contribution in [0, 0.1) is 0 Å². The monoisotopic (exact) mass is 344 g/mol. The van der Waals surface area contributed by atoms with Crippen LogP contribution < -0.4 is 10.0 Å². The van der Waals surface area contributed by atoms with Crippen molar-refractivity contribution in [2.75, 3.05) is 20.3 Å². The Morgan fingerprint density at radius 2 is 1.87 bits per heavy atom. The number of benzene rings is 1. The summed E-state index contributed by atoms with van der Waals surface area (Å²) in [7, 11) is -2.38. The molecule has 1 atom stereocenters. The molecule has 0 bridgehead atoms. The molecular weight excluding hydrogens is 324 g/mol. The number of carbonyl (C=O) groups is 2. The molecule has 9 heteroatoms. The Kier molecular flexibility index (Phi) is 6.67. The molecule has 0 aliphatic heterocycles. The van der Waals surface area contributed by atoms with Gasteiger partial charge in [0.25, 0.3) is 0 Å². The normalized spacial score (nSPS) is 14.0. The van der Waals surface area contributed by atoms with E-state index in [0.717, 1.165) is 0 Å². The molecule has 1 aromatic carbocycles. The van der Waals surface area contributed by atoms with Gasteiger partial charge in [0.15, 0.2) is 5.54 Å². The summed E-state index contributed by atoms with van der Waals surface area (Å²) in [4.78, 5) is 23.0. The predicted molar refractivity (Wildman–Crippen MR) is 82.3 cm³/mol. The number of carbonyl (C=O) groups excluding carboxylic acids is 1. The molecule has 0 aliphatic rings. The van der Waals surface area contributed by atoms with Crippen molar-refractivity contribution in [1.29, 1.82) is 0 Å². The standard InChI is InChI=1S/C14H20N2O6S/c1-14(10-22-2,13(18)19)16-12(17)8-9-15-23(20,21)11-6-4-3-5-7-11/h3-7,15H,8-10H2,1-2H3,(H,16,17)(H,18,19). The van der Waals surface area contributed by atoms with E-state index in [9.17, 15) is 18.0 Å². The van der Waals surface area contributed by atoms with Crippen molar-refractivity contribution in [2.24, 2.45) is 0 Å². The van der Waals surface area contributed by atoms with Gasteiger partial charge < -0.3 is 15.2 Å². The van der Waals surface area contributed by atoms with E-state index in [4.69, 9.17) is 9.84 Å². The number of nitrogens with one attached hydrogen (secondary N) is 2. The number of sulfonamides is 1. The van der Waals surface area contributed by atoms with E-state index in [1.807, 2.05) is 0 Å². The fraction of sp³-hybridized carbons (Fsp3) is 0.429. The third kappa shape index (κ3) is 5.62. The number of carboxylic acid groups (broad SMARTS) is 1. The average molecular weight is 344 g/mol. The number of rotatable bonds is 9. The molecule has 1 amide bonds.